The molecule has 0 atom stereocenters. The number of rotatable bonds is 4. The molecule has 0 N–H and O–H groups in total. The van der Waals surface area contributed by atoms with Crippen LogP contribution in [0.1, 0.15) is 10.4 Å². The van der Waals surface area contributed by atoms with Crippen molar-refractivity contribution >= 4 is 33.3 Å². The summed E-state index contributed by atoms with van der Waals surface area (Å²) in [6.45, 7) is -0.165. The van der Waals surface area contributed by atoms with Crippen molar-refractivity contribution in [1.29, 1.82) is 0 Å². The number of benzene rings is 2. The lowest BCUT2D eigenvalue weighted by atomic mass is 10.1. The van der Waals surface area contributed by atoms with Gasteiger partial charge in [-0.25, -0.2) is 4.39 Å². The number of ketones is 1. The first-order valence-electron chi connectivity index (χ1n) is 5.43. The lowest BCUT2D eigenvalue weighted by molar-refractivity contribution is 0.0921. The van der Waals surface area contributed by atoms with Crippen LogP contribution in [0.15, 0.2) is 46.9 Å². The van der Waals surface area contributed by atoms with Crippen LogP contribution in [0, 0.1) is 5.82 Å². The van der Waals surface area contributed by atoms with Crippen LogP contribution in [-0.4, -0.2) is 12.4 Å². The molecule has 98 valence electrons. The summed E-state index contributed by atoms with van der Waals surface area (Å²) in [4.78, 5) is 11.8. The normalized spacial score (nSPS) is 10.3. The second kappa shape index (κ2) is 6.17. The Balaban J connectivity index is 2.02. The van der Waals surface area contributed by atoms with Crippen molar-refractivity contribution in [3.63, 3.8) is 0 Å². The summed E-state index contributed by atoms with van der Waals surface area (Å²) in [7, 11) is 0. The number of halogens is 3. The van der Waals surface area contributed by atoms with Crippen molar-refractivity contribution in [2.24, 2.45) is 0 Å². The molecular formula is C14H9BrClFO2. The van der Waals surface area contributed by atoms with Gasteiger partial charge in [0.25, 0.3) is 0 Å². The zero-order valence-corrected chi connectivity index (χ0v) is 12.0. The van der Waals surface area contributed by atoms with E-state index in [9.17, 15) is 9.18 Å². The fourth-order valence-corrected chi connectivity index (χ4v) is 1.90. The zero-order chi connectivity index (χ0) is 13.8. The van der Waals surface area contributed by atoms with E-state index in [0.29, 0.717) is 20.8 Å². The van der Waals surface area contributed by atoms with Gasteiger partial charge in [-0.05, 0) is 40.2 Å². The van der Waals surface area contributed by atoms with Crippen molar-refractivity contribution in [3.05, 3.63) is 63.3 Å². The molecule has 19 heavy (non-hydrogen) atoms. The topological polar surface area (TPSA) is 26.3 Å². The summed E-state index contributed by atoms with van der Waals surface area (Å²) in [6.07, 6.45) is 0. The van der Waals surface area contributed by atoms with Crippen molar-refractivity contribution in [1.82, 2.24) is 0 Å². The molecule has 0 heterocycles. The van der Waals surface area contributed by atoms with E-state index in [2.05, 4.69) is 15.9 Å². The molecule has 0 unspecified atom stereocenters. The predicted molar refractivity (Wildman–Crippen MR) is 75.4 cm³/mol. The highest BCUT2D eigenvalue weighted by Crippen LogP contribution is 2.21. The molecule has 0 bridgehead atoms. The third kappa shape index (κ3) is 3.78. The Hall–Kier alpha value is -1.39. The third-order valence-corrected chi connectivity index (χ3v) is 3.29. The molecule has 0 fully saturated rings. The smallest absolute Gasteiger partial charge is 0.200 e. The van der Waals surface area contributed by atoms with Gasteiger partial charge < -0.3 is 4.74 Å². The Morgan fingerprint density at radius 3 is 2.74 bits per heavy atom. The number of hydrogen-bond acceptors (Lipinski definition) is 2. The van der Waals surface area contributed by atoms with E-state index in [1.165, 1.54) is 12.1 Å². The molecule has 2 rings (SSSR count). The monoisotopic (exact) mass is 342 g/mol. The van der Waals surface area contributed by atoms with Crippen molar-refractivity contribution in [2.75, 3.05) is 6.61 Å². The fourth-order valence-electron chi connectivity index (χ4n) is 1.46. The number of Topliss-reactive ketones (excluding diaryl/α,β-unsaturated/α-hetero) is 1. The van der Waals surface area contributed by atoms with Gasteiger partial charge in [-0.2, -0.15) is 0 Å². The number of carbonyl (C=O) groups excluding carboxylic acids is 1. The Kier molecular flexibility index (Phi) is 4.56. The predicted octanol–water partition coefficient (Wildman–Crippen LogP) is 4.50. The number of carbonyl (C=O) groups is 1. The van der Waals surface area contributed by atoms with Crippen LogP contribution in [0.2, 0.25) is 5.02 Å². The van der Waals surface area contributed by atoms with Crippen LogP contribution in [0.4, 0.5) is 4.39 Å². The molecule has 0 aliphatic heterocycles. The van der Waals surface area contributed by atoms with E-state index >= 15 is 0 Å². The molecular weight excluding hydrogens is 335 g/mol. The largest absolute Gasteiger partial charge is 0.485 e. The average Bonchev–Trinajstić information content (AvgIpc) is 2.40. The molecule has 0 radical (unpaired) electrons. The maximum atomic E-state index is 13.3. The summed E-state index contributed by atoms with van der Waals surface area (Å²) in [5.41, 5.74) is 0.463. The van der Waals surface area contributed by atoms with Gasteiger partial charge in [0.05, 0.1) is 4.47 Å². The van der Waals surface area contributed by atoms with E-state index in [-0.39, 0.29) is 12.4 Å². The van der Waals surface area contributed by atoms with Gasteiger partial charge in [-0.3, -0.25) is 4.79 Å². The summed E-state index contributed by atoms with van der Waals surface area (Å²) in [5.74, 6) is -0.352. The van der Waals surface area contributed by atoms with E-state index in [0.717, 1.165) is 0 Å². The second-order valence-corrected chi connectivity index (χ2v) is 5.09. The van der Waals surface area contributed by atoms with Crippen LogP contribution in [0.5, 0.6) is 5.75 Å². The minimum absolute atomic E-state index is 0.165. The van der Waals surface area contributed by atoms with Gasteiger partial charge >= 0.3 is 0 Å². The van der Waals surface area contributed by atoms with Crippen molar-refractivity contribution in [2.45, 2.75) is 0 Å². The number of hydrogen-bond donors (Lipinski definition) is 0. The summed E-state index contributed by atoms with van der Waals surface area (Å²) in [5, 5.41) is 0.487. The average molecular weight is 344 g/mol. The maximum absolute atomic E-state index is 13.3. The van der Waals surface area contributed by atoms with Crippen LogP contribution in [0.25, 0.3) is 0 Å². The quantitative estimate of drug-likeness (QED) is 0.764. The van der Waals surface area contributed by atoms with E-state index < -0.39 is 5.82 Å². The Labute approximate surface area is 123 Å². The summed E-state index contributed by atoms with van der Waals surface area (Å²) in [6, 6.07) is 10.9. The lowest BCUT2D eigenvalue weighted by Crippen LogP contribution is -2.11. The van der Waals surface area contributed by atoms with Crippen LogP contribution >= 0.6 is 27.5 Å². The summed E-state index contributed by atoms with van der Waals surface area (Å²) < 4.78 is 18.8. The molecule has 2 aromatic rings. The molecule has 0 amide bonds. The Morgan fingerprint density at radius 2 is 2.05 bits per heavy atom. The molecule has 2 nitrogen and oxygen atoms in total. The summed E-state index contributed by atoms with van der Waals surface area (Å²) >= 11 is 8.84. The van der Waals surface area contributed by atoms with E-state index in [4.69, 9.17) is 16.3 Å². The highest BCUT2D eigenvalue weighted by atomic mass is 79.9. The van der Waals surface area contributed by atoms with Gasteiger partial charge in [0.2, 0.25) is 0 Å². The molecule has 5 heteroatoms. The standard InChI is InChI=1S/C14H9BrClFO2/c15-12-5-4-11(7-13(12)17)19-8-14(18)9-2-1-3-10(16)6-9/h1-7H,8H2. The molecule has 2 aromatic carbocycles. The van der Waals surface area contributed by atoms with Crippen LogP contribution in [0.3, 0.4) is 0 Å². The van der Waals surface area contributed by atoms with E-state index in [1.54, 1.807) is 30.3 Å². The fraction of sp³-hybridized carbons (Fsp3) is 0.0714. The van der Waals surface area contributed by atoms with Crippen LogP contribution < -0.4 is 4.74 Å². The molecule has 0 saturated heterocycles. The second-order valence-electron chi connectivity index (χ2n) is 3.80. The number of ether oxygens (including phenoxy) is 1. The van der Waals surface area contributed by atoms with Gasteiger partial charge in [0.1, 0.15) is 11.6 Å². The zero-order valence-electron chi connectivity index (χ0n) is 9.70. The van der Waals surface area contributed by atoms with Crippen molar-refractivity contribution < 1.29 is 13.9 Å². The first-order valence-corrected chi connectivity index (χ1v) is 6.60. The molecule has 0 aliphatic rings. The lowest BCUT2D eigenvalue weighted by Gasteiger charge is -2.06. The SMILES string of the molecule is O=C(COc1ccc(Br)c(F)c1)c1cccc(Cl)c1. The highest BCUT2D eigenvalue weighted by Gasteiger charge is 2.08. The molecule has 0 aliphatic carbocycles. The molecule has 0 aromatic heterocycles. The van der Waals surface area contributed by atoms with Crippen LogP contribution in [-0.2, 0) is 0 Å². The highest BCUT2D eigenvalue weighted by molar-refractivity contribution is 9.10. The Bertz CT molecular complexity index is 616. The third-order valence-electron chi connectivity index (χ3n) is 2.41. The Morgan fingerprint density at radius 1 is 1.26 bits per heavy atom. The van der Waals surface area contributed by atoms with Gasteiger partial charge in [-0.1, -0.05) is 23.7 Å². The first-order chi connectivity index (χ1) is 9.06. The molecule has 0 saturated carbocycles. The van der Waals surface area contributed by atoms with Gasteiger partial charge in [0.15, 0.2) is 12.4 Å². The van der Waals surface area contributed by atoms with Gasteiger partial charge in [-0.15, -0.1) is 0 Å². The maximum Gasteiger partial charge on any atom is 0.200 e. The minimum atomic E-state index is -0.437. The first kappa shape index (κ1) is 14.0. The van der Waals surface area contributed by atoms with Crippen molar-refractivity contribution in [3.8, 4) is 5.75 Å². The minimum Gasteiger partial charge on any atom is -0.485 e. The van der Waals surface area contributed by atoms with E-state index in [1.807, 2.05) is 0 Å². The molecule has 0 spiro atoms. The van der Waals surface area contributed by atoms with Gasteiger partial charge in [0, 0.05) is 16.7 Å².